The quantitative estimate of drug-likeness (QED) is 0.868. The van der Waals surface area contributed by atoms with Crippen molar-refractivity contribution in [1.82, 2.24) is 4.90 Å². The van der Waals surface area contributed by atoms with E-state index in [1.807, 2.05) is 19.1 Å². The van der Waals surface area contributed by atoms with Gasteiger partial charge in [0, 0.05) is 22.7 Å². The summed E-state index contributed by atoms with van der Waals surface area (Å²) >= 11 is 1.61. The maximum atomic E-state index is 11.7. The van der Waals surface area contributed by atoms with Crippen LogP contribution < -0.4 is 5.14 Å². The number of likely N-dealkylation sites (tertiary alicyclic amines) is 1. The molecule has 0 bridgehead atoms. The smallest absolute Gasteiger partial charge is 0.224 e. The first-order valence-corrected chi connectivity index (χ1v) is 7.63. The zero-order chi connectivity index (χ0) is 12.6. The van der Waals surface area contributed by atoms with Gasteiger partial charge in [-0.1, -0.05) is 0 Å². The van der Waals surface area contributed by atoms with Crippen molar-refractivity contribution in [3.8, 4) is 0 Å². The van der Waals surface area contributed by atoms with Crippen molar-refractivity contribution >= 4 is 27.3 Å². The van der Waals surface area contributed by atoms with Crippen LogP contribution in [0.1, 0.15) is 16.2 Å². The van der Waals surface area contributed by atoms with Crippen LogP contribution in [0.5, 0.6) is 0 Å². The predicted octanol–water partition coefficient (Wildman–Crippen LogP) is 0.446. The van der Waals surface area contributed by atoms with Gasteiger partial charge in [-0.25, -0.2) is 13.6 Å². The molecule has 0 aliphatic carbocycles. The maximum Gasteiger partial charge on any atom is 0.224 e. The van der Waals surface area contributed by atoms with E-state index in [4.69, 9.17) is 5.14 Å². The van der Waals surface area contributed by atoms with Gasteiger partial charge < -0.3 is 4.90 Å². The summed E-state index contributed by atoms with van der Waals surface area (Å²) in [7, 11) is -3.61. The second-order valence-corrected chi connectivity index (χ2v) is 7.42. The number of thiophene rings is 1. The maximum absolute atomic E-state index is 11.7. The third-order valence-corrected chi connectivity index (χ3v) is 5.02. The highest BCUT2D eigenvalue weighted by atomic mass is 32.2. The molecule has 2 N–H and O–H groups in total. The van der Waals surface area contributed by atoms with Gasteiger partial charge in [-0.3, -0.25) is 4.79 Å². The number of nitrogens with two attached hydrogens (primary N) is 1. The Morgan fingerprint density at radius 1 is 1.53 bits per heavy atom. The fraction of sp³-hybridized carbons (Fsp3) is 0.500. The largest absolute Gasteiger partial charge is 0.336 e. The number of hydrogen-bond acceptors (Lipinski definition) is 4. The van der Waals surface area contributed by atoms with Crippen LogP contribution in [0.4, 0.5) is 0 Å². The first-order chi connectivity index (χ1) is 7.86. The van der Waals surface area contributed by atoms with Gasteiger partial charge in [0.05, 0.1) is 6.54 Å². The molecule has 1 saturated heterocycles. The van der Waals surface area contributed by atoms with Gasteiger partial charge in [-0.15, -0.1) is 11.3 Å². The molecule has 2 rings (SSSR count). The standard InChI is InChI=1S/C10H14N2O3S2/c1-7-2-3-8(16-7)5-12-6-9(4-10(12)13)17(11,14)15/h2-3,9H,4-6H2,1H3,(H2,11,14,15). The van der Waals surface area contributed by atoms with E-state index in [1.54, 1.807) is 16.2 Å². The second-order valence-electron chi connectivity index (χ2n) is 4.20. The monoisotopic (exact) mass is 274 g/mol. The van der Waals surface area contributed by atoms with E-state index in [2.05, 4.69) is 0 Å². The fourth-order valence-corrected chi connectivity index (χ4v) is 3.54. The lowest BCUT2D eigenvalue weighted by Crippen LogP contribution is -2.31. The molecule has 0 saturated carbocycles. The Balaban J connectivity index is 2.07. The molecule has 1 amide bonds. The number of sulfonamides is 1. The molecule has 2 heterocycles. The lowest BCUT2D eigenvalue weighted by Gasteiger charge is -2.14. The molecule has 1 unspecified atom stereocenters. The highest BCUT2D eigenvalue weighted by Gasteiger charge is 2.36. The van der Waals surface area contributed by atoms with Gasteiger partial charge in [0.2, 0.25) is 15.9 Å². The van der Waals surface area contributed by atoms with E-state index >= 15 is 0 Å². The average molecular weight is 274 g/mol. The summed E-state index contributed by atoms with van der Waals surface area (Å²) in [6, 6.07) is 3.94. The van der Waals surface area contributed by atoms with Crippen LogP contribution in [0.15, 0.2) is 12.1 Å². The van der Waals surface area contributed by atoms with Crippen LogP contribution in [-0.2, 0) is 21.4 Å². The Morgan fingerprint density at radius 3 is 2.71 bits per heavy atom. The molecular formula is C10H14N2O3S2. The van der Waals surface area contributed by atoms with E-state index < -0.39 is 15.3 Å². The normalized spacial score (nSPS) is 21.2. The molecule has 7 heteroatoms. The van der Waals surface area contributed by atoms with E-state index in [0.29, 0.717) is 6.54 Å². The third-order valence-electron chi connectivity index (χ3n) is 2.79. The number of carbonyl (C=O) groups excluding carboxylic acids is 1. The van der Waals surface area contributed by atoms with Crippen LogP contribution in [0.25, 0.3) is 0 Å². The molecule has 5 nitrogen and oxygen atoms in total. The molecule has 1 atom stereocenters. The molecule has 0 aromatic carbocycles. The van der Waals surface area contributed by atoms with E-state index in [9.17, 15) is 13.2 Å². The molecule has 1 fully saturated rings. The molecule has 1 aromatic heterocycles. The lowest BCUT2D eigenvalue weighted by molar-refractivity contribution is -0.128. The Bertz CT molecular complexity index is 536. The zero-order valence-electron chi connectivity index (χ0n) is 9.42. The molecule has 1 aromatic rings. The zero-order valence-corrected chi connectivity index (χ0v) is 11.1. The molecule has 94 valence electrons. The van der Waals surface area contributed by atoms with Crippen molar-refractivity contribution in [2.45, 2.75) is 25.1 Å². The minimum atomic E-state index is -3.61. The van der Waals surface area contributed by atoms with Gasteiger partial charge >= 0.3 is 0 Å². The van der Waals surface area contributed by atoms with E-state index in [-0.39, 0.29) is 18.9 Å². The summed E-state index contributed by atoms with van der Waals surface area (Å²) < 4.78 is 22.4. The van der Waals surface area contributed by atoms with Crippen molar-refractivity contribution in [3.63, 3.8) is 0 Å². The van der Waals surface area contributed by atoms with Gasteiger partial charge in [0.1, 0.15) is 5.25 Å². The predicted molar refractivity (Wildman–Crippen MR) is 66.0 cm³/mol. The molecule has 0 radical (unpaired) electrons. The SMILES string of the molecule is Cc1ccc(CN2CC(S(N)(=O)=O)CC2=O)s1. The number of primary sulfonamides is 1. The summed E-state index contributed by atoms with van der Waals surface area (Å²) in [5, 5.41) is 4.30. The Labute approximate surface area is 104 Å². The third kappa shape index (κ3) is 2.85. The van der Waals surface area contributed by atoms with Crippen LogP contribution in [0.2, 0.25) is 0 Å². The van der Waals surface area contributed by atoms with Crippen LogP contribution in [-0.4, -0.2) is 31.0 Å². The second kappa shape index (κ2) is 4.40. The molecule has 1 aliphatic rings. The van der Waals surface area contributed by atoms with Gasteiger partial charge in [0.25, 0.3) is 0 Å². The van der Waals surface area contributed by atoms with Crippen molar-refractivity contribution in [2.75, 3.05) is 6.54 Å². The van der Waals surface area contributed by atoms with Gasteiger partial charge in [-0.05, 0) is 19.1 Å². The summed E-state index contributed by atoms with van der Waals surface area (Å²) in [6.45, 7) is 2.67. The van der Waals surface area contributed by atoms with Crippen LogP contribution >= 0.6 is 11.3 Å². The van der Waals surface area contributed by atoms with Crippen molar-refractivity contribution < 1.29 is 13.2 Å². The first kappa shape index (κ1) is 12.5. The molecule has 17 heavy (non-hydrogen) atoms. The van der Waals surface area contributed by atoms with Gasteiger partial charge in [0.15, 0.2) is 0 Å². The van der Waals surface area contributed by atoms with E-state index in [1.165, 1.54) is 4.88 Å². The lowest BCUT2D eigenvalue weighted by atomic mass is 10.4. The summed E-state index contributed by atoms with van der Waals surface area (Å²) in [5.41, 5.74) is 0. The van der Waals surface area contributed by atoms with Crippen LogP contribution in [0, 0.1) is 6.92 Å². The van der Waals surface area contributed by atoms with Crippen molar-refractivity contribution in [2.24, 2.45) is 5.14 Å². The number of amides is 1. The Kier molecular flexibility index (Phi) is 3.24. The summed E-state index contributed by atoms with van der Waals surface area (Å²) in [4.78, 5) is 15.4. The van der Waals surface area contributed by atoms with E-state index in [0.717, 1.165) is 4.88 Å². The molecule has 0 spiro atoms. The average Bonchev–Trinajstić information content (AvgIpc) is 2.74. The minimum absolute atomic E-state index is 0.00317. The number of carbonyl (C=O) groups is 1. The minimum Gasteiger partial charge on any atom is -0.336 e. The molecule has 1 aliphatic heterocycles. The fourth-order valence-electron chi connectivity index (χ4n) is 1.87. The Hall–Kier alpha value is -0.920. The molecular weight excluding hydrogens is 260 g/mol. The van der Waals surface area contributed by atoms with Gasteiger partial charge in [-0.2, -0.15) is 0 Å². The number of rotatable bonds is 3. The van der Waals surface area contributed by atoms with Crippen molar-refractivity contribution in [3.05, 3.63) is 21.9 Å². The highest BCUT2D eigenvalue weighted by molar-refractivity contribution is 7.89. The number of aryl methyl sites for hydroxylation is 1. The summed E-state index contributed by atoms with van der Waals surface area (Å²) in [5.74, 6) is -0.143. The van der Waals surface area contributed by atoms with Crippen LogP contribution in [0.3, 0.4) is 0 Å². The number of hydrogen-bond donors (Lipinski definition) is 1. The highest BCUT2D eigenvalue weighted by Crippen LogP contribution is 2.22. The number of nitrogens with zero attached hydrogens (tertiary/aromatic N) is 1. The first-order valence-electron chi connectivity index (χ1n) is 5.21. The topological polar surface area (TPSA) is 80.5 Å². The van der Waals surface area contributed by atoms with Crippen molar-refractivity contribution in [1.29, 1.82) is 0 Å². The Morgan fingerprint density at radius 2 is 2.24 bits per heavy atom. The summed E-state index contributed by atoms with van der Waals surface area (Å²) in [6.07, 6.45) is 0.00317.